The van der Waals surface area contributed by atoms with Gasteiger partial charge in [0.1, 0.15) is 0 Å². The van der Waals surface area contributed by atoms with E-state index in [2.05, 4.69) is 16.7 Å². The maximum Gasteiger partial charge on any atom is 0.308 e. The van der Waals surface area contributed by atoms with Gasteiger partial charge in [0.2, 0.25) is 5.91 Å². The van der Waals surface area contributed by atoms with Gasteiger partial charge in [-0.3, -0.25) is 14.2 Å². The van der Waals surface area contributed by atoms with Crippen LogP contribution in [-0.4, -0.2) is 43.3 Å². The lowest BCUT2D eigenvalue weighted by atomic mass is 9.96. The molecule has 2 atom stereocenters. The summed E-state index contributed by atoms with van der Waals surface area (Å²) in [6.45, 7) is 2.15. The summed E-state index contributed by atoms with van der Waals surface area (Å²) in [5, 5.41) is 15.8. The average molecular weight is 465 g/mol. The smallest absolute Gasteiger partial charge is 0.308 e. The minimum Gasteiger partial charge on any atom is -0.383 e. The van der Waals surface area contributed by atoms with E-state index in [4.69, 9.17) is 4.74 Å². The fourth-order valence-corrected chi connectivity index (χ4v) is 5.08. The molecule has 2 heterocycles. The lowest BCUT2D eigenvalue weighted by Crippen LogP contribution is -2.47. The summed E-state index contributed by atoms with van der Waals surface area (Å²) < 4.78 is 7.83. The summed E-state index contributed by atoms with van der Waals surface area (Å²) in [6.07, 6.45) is 2.99. The van der Waals surface area contributed by atoms with Crippen LogP contribution in [0.5, 0.6) is 0 Å². The molecule has 2 N–H and O–H groups in total. The van der Waals surface area contributed by atoms with E-state index in [9.17, 15) is 14.9 Å². The summed E-state index contributed by atoms with van der Waals surface area (Å²) in [7, 11) is 1.62. The van der Waals surface area contributed by atoms with Crippen LogP contribution in [0.1, 0.15) is 30.7 Å². The summed E-state index contributed by atoms with van der Waals surface area (Å²) in [5.74, 6) is -0.444. The molecule has 1 aromatic heterocycles. The van der Waals surface area contributed by atoms with E-state index in [1.165, 1.54) is 11.3 Å². The first-order valence-electron chi connectivity index (χ1n) is 11.2. The molecule has 0 radical (unpaired) electrons. The van der Waals surface area contributed by atoms with Crippen molar-refractivity contribution in [2.75, 3.05) is 26.8 Å². The highest BCUT2D eigenvalue weighted by atomic mass is 32.1. The van der Waals surface area contributed by atoms with Gasteiger partial charge < -0.3 is 15.4 Å². The van der Waals surface area contributed by atoms with E-state index in [1.54, 1.807) is 11.7 Å². The molecule has 7 nitrogen and oxygen atoms in total. The van der Waals surface area contributed by atoms with Crippen LogP contribution >= 0.6 is 11.3 Å². The Kier molecular flexibility index (Phi) is 7.55. The fraction of sp³-hybridized carbons (Fsp3) is 0.400. The molecule has 0 aliphatic carbocycles. The van der Waals surface area contributed by atoms with Crippen molar-refractivity contribution in [3.63, 3.8) is 0 Å². The molecular formula is C25H28N4O3S. The number of thiazole rings is 1. The van der Waals surface area contributed by atoms with Gasteiger partial charge >= 0.3 is 4.87 Å². The van der Waals surface area contributed by atoms with Crippen LogP contribution in [0.3, 0.4) is 0 Å². The Balaban J connectivity index is 1.47. The zero-order valence-electron chi connectivity index (χ0n) is 18.7. The third-order valence-electron chi connectivity index (χ3n) is 6.10. The number of hydrogen-bond acceptors (Lipinski definition) is 6. The van der Waals surface area contributed by atoms with Crippen molar-refractivity contribution < 1.29 is 9.53 Å². The number of nitrogens with one attached hydrogen (secondary N) is 2. The number of rotatable bonds is 8. The Morgan fingerprint density at radius 3 is 2.76 bits per heavy atom. The van der Waals surface area contributed by atoms with Crippen molar-refractivity contribution in [3.8, 4) is 17.2 Å². The van der Waals surface area contributed by atoms with E-state index < -0.39 is 5.92 Å². The molecule has 1 aliphatic rings. The van der Waals surface area contributed by atoms with Crippen LogP contribution in [0.15, 0.2) is 47.3 Å². The van der Waals surface area contributed by atoms with Crippen LogP contribution in [0.25, 0.3) is 21.3 Å². The van der Waals surface area contributed by atoms with Crippen molar-refractivity contribution in [1.82, 2.24) is 15.2 Å². The monoisotopic (exact) mass is 464 g/mol. The number of piperidine rings is 1. The highest BCUT2D eigenvalue weighted by Crippen LogP contribution is 2.27. The van der Waals surface area contributed by atoms with Crippen molar-refractivity contribution in [2.24, 2.45) is 0 Å². The highest BCUT2D eigenvalue weighted by molar-refractivity contribution is 7.16. The van der Waals surface area contributed by atoms with Gasteiger partial charge in [-0.15, -0.1) is 0 Å². The van der Waals surface area contributed by atoms with E-state index in [0.29, 0.717) is 19.7 Å². The number of carbonyl (C=O) groups is 1. The number of ether oxygens (including phenoxy) is 1. The van der Waals surface area contributed by atoms with Gasteiger partial charge in [0, 0.05) is 13.7 Å². The first kappa shape index (κ1) is 23.2. The molecular weight excluding hydrogens is 436 g/mol. The number of fused-ring (bicyclic) bond motifs is 1. The second kappa shape index (κ2) is 10.8. The van der Waals surface area contributed by atoms with Crippen LogP contribution < -0.4 is 15.5 Å². The summed E-state index contributed by atoms with van der Waals surface area (Å²) >= 11 is 1.24. The molecule has 0 unspecified atom stereocenters. The molecule has 2 aromatic carbocycles. The SMILES string of the molecule is COCCn1c(=O)sc2ccc(-c3ccc([C@@H](C#N)CNC(=O)[C@@H]4CCCCN4)cc3)cc21. The van der Waals surface area contributed by atoms with Crippen LogP contribution in [-0.2, 0) is 16.1 Å². The van der Waals surface area contributed by atoms with Gasteiger partial charge in [-0.1, -0.05) is 48.1 Å². The molecule has 172 valence electrons. The van der Waals surface area contributed by atoms with Crippen LogP contribution in [0, 0.1) is 11.3 Å². The summed E-state index contributed by atoms with van der Waals surface area (Å²) in [4.78, 5) is 24.7. The van der Waals surface area contributed by atoms with Gasteiger partial charge in [-0.2, -0.15) is 5.26 Å². The maximum absolute atomic E-state index is 12.4. The first-order chi connectivity index (χ1) is 16.1. The molecule has 1 amide bonds. The highest BCUT2D eigenvalue weighted by Gasteiger charge is 2.21. The van der Waals surface area contributed by atoms with Gasteiger partial charge in [-0.25, -0.2) is 0 Å². The van der Waals surface area contributed by atoms with E-state index >= 15 is 0 Å². The number of hydrogen-bond donors (Lipinski definition) is 2. The predicted octanol–water partition coefficient (Wildman–Crippen LogP) is 3.24. The van der Waals surface area contributed by atoms with Crippen molar-refractivity contribution in [1.29, 1.82) is 5.26 Å². The fourth-order valence-electron chi connectivity index (χ4n) is 4.18. The molecule has 0 saturated carbocycles. The van der Waals surface area contributed by atoms with E-state index in [1.807, 2.05) is 42.5 Å². The van der Waals surface area contributed by atoms with Gasteiger partial charge in [0.05, 0.1) is 41.4 Å². The number of nitriles is 1. The standard InChI is InChI=1S/C25H28N4O3S/c1-32-13-12-29-22-14-19(9-10-23(22)33-25(29)31)17-5-7-18(8-6-17)20(15-26)16-28-24(30)21-4-2-3-11-27-21/h5-10,14,20-21,27H,2-4,11-13,16H2,1H3,(H,28,30)/t20-,21-/m0/s1. The van der Waals surface area contributed by atoms with E-state index in [-0.39, 0.29) is 16.8 Å². The van der Waals surface area contributed by atoms with Gasteiger partial charge in [0.15, 0.2) is 0 Å². The number of methoxy groups -OCH3 is 1. The summed E-state index contributed by atoms with van der Waals surface area (Å²) in [5.41, 5.74) is 3.78. The zero-order chi connectivity index (χ0) is 23.2. The molecule has 1 aliphatic heterocycles. The second-order valence-corrected chi connectivity index (χ2v) is 9.24. The zero-order valence-corrected chi connectivity index (χ0v) is 19.5. The lowest BCUT2D eigenvalue weighted by molar-refractivity contribution is -0.123. The normalized spacial score (nSPS) is 16.9. The largest absolute Gasteiger partial charge is 0.383 e. The van der Waals surface area contributed by atoms with Crippen LogP contribution in [0.4, 0.5) is 0 Å². The number of benzene rings is 2. The maximum atomic E-state index is 12.4. The molecule has 1 saturated heterocycles. The number of aromatic nitrogens is 1. The minimum atomic E-state index is -0.412. The number of nitrogens with zero attached hydrogens (tertiary/aromatic N) is 2. The second-order valence-electron chi connectivity index (χ2n) is 8.25. The summed E-state index contributed by atoms with van der Waals surface area (Å²) in [6, 6.07) is 16.0. The topological polar surface area (TPSA) is 96.2 Å². The Labute approximate surface area is 197 Å². The molecule has 0 spiro atoms. The van der Waals surface area contributed by atoms with Crippen molar-refractivity contribution in [2.45, 2.75) is 37.8 Å². The van der Waals surface area contributed by atoms with Crippen molar-refractivity contribution in [3.05, 3.63) is 57.7 Å². The molecule has 33 heavy (non-hydrogen) atoms. The molecule has 4 rings (SSSR count). The molecule has 3 aromatic rings. The average Bonchev–Trinajstić information content (AvgIpc) is 3.17. The van der Waals surface area contributed by atoms with Gasteiger partial charge in [0.25, 0.3) is 0 Å². The lowest BCUT2D eigenvalue weighted by Gasteiger charge is -2.23. The first-order valence-corrected chi connectivity index (χ1v) is 12.1. The Bertz CT molecular complexity index is 1200. The third-order valence-corrected chi connectivity index (χ3v) is 7.06. The number of amides is 1. The van der Waals surface area contributed by atoms with Crippen molar-refractivity contribution >= 4 is 27.5 Å². The Morgan fingerprint density at radius 2 is 2.06 bits per heavy atom. The van der Waals surface area contributed by atoms with Gasteiger partial charge in [-0.05, 0) is 48.2 Å². The third kappa shape index (κ3) is 5.33. The van der Waals surface area contributed by atoms with Crippen LogP contribution in [0.2, 0.25) is 0 Å². The molecule has 8 heteroatoms. The Hall–Kier alpha value is -2.99. The quantitative estimate of drug-likeness (QED) is 0.534. The Morgan fingerprint density at radius 1 is 1.27 bits per heavy atom. The number of carbonyl (C=O) groups excluding carboxylic acids is 1. The minimum absolute atomic E-state index is 0.0110. The molecule has 0 bridgehead atoms. The molecule has 1 fully saturated rings. The predicted molar refractivity (Wildman–Crippen MR) is 130 cm³/mol. The van der Waals surface area contributed by atoms with E-state index in [0.717, 1.165) is 52.7 Å².